The number of ether oxygens (including phenoxy) is 1. The Hall–Kier alpha value is -2.97. The number of morpholine rings is 1. The fourth-order valence-corrected chi connectivity index (χ4v) is 2.74. The van der Waals surface area contributed by atoms with Crippen molar-refractivity contribution in [1.82, 2.24) is 15.3 Å². The molecule has 2 heterocycles. The minimum absolute atomic E-state index is 0.0925. The summed E-state index contributed by atoms with van der Waals surface area (Å²) in [5, 5.41) is 0. The van der Waals surface area contributed by atoms with Gasteiger partial charge in [0.2, 0.25) is 0 Å². The minimum Gasteiger partial charge on any atom is -0.378 e. The van der Waals surface area contributed by atoms with E-state index in [1.807, 2.05) is 6.07 Å². The van der Waals surface area contributed by atoms with Gasteiger partial charge in [0.1, 0.15) is 0 Å². The van der Waals surface area contributed by atoms with Crippen LogP contribution in [-0.4, -0.2) is 48.1 Å². The monoisotopic (exact) mass is 355 g/mol. The van der Waals surface area contributed by atoms with Crippen LogP contribution in [0.4, 0.5) is 10.5 Å². The van der Waals surface area contributed by atoms with Crippen LogP contribution >= 0.6 is 0 Å². The molecule has 1 aromatic carbocycles. The molecule has 1 aliphatic rings. The molecular weight excluding hydrogens is 334 g/mol. The third-order valence-corrected chi connectivity index (χ3v) is 4.16. The molecule has 26 heavy (non-hydrogen) atoms. The van der Waals surface area contributed by atoms with Gasteiger partial charge < -0.3 is 9.64 Å². The zero-order valence-corrected chi connectivity index (χ0v) is 14.3. The number of nitrogens with one attached hydrogen (secondary N) is 1. The maximum Gasteiger partial charge on any atom is 0.325 e. The fourth-order valence-electron chi connectivity index (χ4n) is 2.74. The lowest BCUT2D eigenvalue weighted by Gasteiger charge is -2.33. The lowest BCUT2D eigenvalue weighted by atomic mass is 10.1. The van der Waals surface area contributed by atoms with Gasteiger partial charge in [-0.2, -0.15) is 0 Å². The molecule has 0 radical (unpaired) electrons. The Balaban J connectivity index is 1.81. The maximum atomic E-state index is 13.0. The molecule has 136 valence electrons. The molecule has 8 heteroatoms. The van der Waals surface area contributed by atoms with Gasteiger partial charge in [-0.15, -0.1) is 0 Å². The van der Waals surface area contributed by atoms with Crippen LogP contribution in [0.5, 0.6) is 0 Å². The number of hydrogen-bond acceptors (Lipinski definition) is 5. The van der Waals surface area contributed by atoms with Gasteiger partial charge in [-0.1, -0.05) is 12.1 Å². The number of pyridine rings is 1. The molecule has 1 aliphatic heterocycles. The molecule has 1 saturated heterocycles. The van der Waals surface area contributed by atoms with E-state index in [0.717, 1.165) is 5.56 Å². The molecule has 3 amide bonds. The number of nitrogens with two attached hydrogens (primary N) is 1. The third-order valence-electron chi connectivity index (χ3n) is 4.16. The molecule has 1 aromatic heterocycles. The van der Waals surface area contributed by atoms with Crippen LogP contribution in [0.15, 0.2) is 48.8 Å². The highest BCUT2D eigenvalue weighted by atomic mass is 16.5. The molecule has 1 fully saturated rings. The molecule has 0 bridgehead atoms. The van der Waals surface area contributed by atoms with Crippen molar-refractivity contribution in [2.45, 2.75) is 6.54 Å². The van der Waals surface area contributed by atoms with Gasteiger partial charge in [-0.05, 0) is 29.8 Å². The van der Waals surface area contributed by atoms with Crippen LogP contribution in [0, 0.1) is 0 Å². The van der Waals surface area contributed by atoms with Crippen LogP contribution in [0.2, 0.25) is 0 Å². The third kappa shape index (κ3) is 4.16. The van der Waals surface area contributed by atoms with Gasteiger partial charge in [-0.25, -0.2) is 10.6 Å². The number of hydrazine groups is 1. The van der Waals surface area contributed by atoms with Crippen LogP contribution in [0.25, 0.3) is 0 Å². The molecule has 3 rings (SSSR count). The average Bonchev–Trinajstić information content (AvgIpc) is 2.72. The zero-order valence-electron chi connectivity index (χ0n) is 14.3. The van der Waals surface area contributed by atoms with E-state index >= 15 is 0 Å². The molecule has 0 aliphatic carbocycles. The summed E-state index contributed by atoms with van der Waals surface area (Å²) in [6.07, 6.45) is 3.33. The Kier molecular flexibility index (Phi) is 5.77. The van der Waals surface area contributed by atoms with Crippen molar-refractivity contribution in [1.29, 1.82) is 0 Å². The second-order valence-corrected chi connectivity index (χ2v) is 5.85. The summed E-state index contributed by atoms with van der Waals surface area (Å²) in [6, 6.07) is 10.5. The molecular formula is C18H21N5O3. The maximum absolute atomic E-state index is 13.0. The summed E-state index contributed by atoms with van der Waals surface area (Å²) in [4.78, 5) is 32.1. The van der Waals surface area contributed by atoms with Gasteiger partial charge in [0.15, 0.2) is 0 Å². The molecule has 2 aromatic rings. The van der Waals surface area contributed by atoms with Gasteiger partial charge in [-0.3, -0.25) is 20.1 Å². The summed E-state index contributed by atoms with van der Waals surface area (Å²) < 4.78 is 5.33. The van der Waals surface area contributed by atoms with Crippen molar-refractivity contribution in [3.8, 4) is 0 Å². The van der Waals surface area contributed by atoms with Crippen LogP contribution in [0.3, 0.4) is 0 Å². The highest BCUT2D eigenvalue weighted by Crippen LogP contribution is 2.19. The number of nitrogen functional groups attached to an aromatic ring is 1. The van der Waals surface area contributed by atoms with E-state index < -0.39 is 0 Å². The van der Waals surface area contributed by atoms with Gasteiger partial charge in [0, 0.05) is 24.8 Å². The Morgan fingerprint density at radius 2 is 1.92 bits per heavy atom. The normalized spacial score (nSPS) is 14.0. The minimum atomic E-state index is -0.356. The number of hydrogen-bond donors (Lipinski definition) is 2. The second kappa shape index (κ2) is 8.41. The van der Waals surface area contributed by atoms with E-state index in [9.17, 15) is 9.59 Å². The topological polar surface area (TPSA) is 101 Å². The first-order valence-electron chi connectivity index (χ1n) is 8.33. The number of carbonyl (C=O) groups excluding carboxylic acids is 2. The van der Waals surface area contributed by atoms with Crippen molar-refractivity contribution in [3.05, 3.63) is 59.9 Å². The predicted molar refractivity (Wildman–Crippen MR) is 96.3 cm³/mol. The lowest BCUT2D eigenvalue weighted by molar-refractivity contribution is 0.0548. The van der Waals surface area contributed by atoms with Crippen LogP contribution in [0.1, 0.15) is 15.9 Å². The van der Waals surface area contributed by atoms with Crippen molar-refractivity contribution in [2.75, 3.05) is 31.2 Å². The second-order valence-electron chi connectivity index (χ2n) is 5.85. The van der Waals surface area contributed by atoms with Crippen molar-refractivity contribution < 1.29 is 14.3 Å². The van der Waals surface area contributed by atoms with Crippen LogP contribution in [-0.2, 0) is 11.3 Å². The Morgan fingerprint density at radius 3 is 2.54 bits per heavy atom. The first-order chi connectivity index (χ1) is 12.7. The van der Waals surface area contributed by atoms with E-state index in [0.29, 0.717) is 44.1 Å². The molecule has 8 nitrogen and oxygen atoms in total. The summed E-state index contributed by atoms with van der Waals surface area (Å²) in [6.45, 7) is 2.56. The van der Waals surface area contributed by atoms with E-state index in [1.54, 1.807) is 52.5 Å². The van der Waals surface area contributed by atoms with Crippen molar-refractivity contribution in [3.63, 3.8) is 0 Å². The zero-order chi connectivity index (χ0) is 18.4. The lowest BCUT2D eigenvalue weighted by Crippen LogP contribution is -2.48. The number of nitrogens with zero attached hydrogens (tertiary/aromatic N) is 3. The van der Waals surface area contributed by atoms with Gasteiger partial charge >= 0.3 is 6.03 Å². The Morgan fingerprint density at radius 1 is 1.19 bits per heavy atom. The van der Waals surface area contributed by atoms with E-state index in [-0.39, 0.29) is 11.9 Å². The summed E-state index contributed by atoms with van der Waals surface area (Å²) in [7, 11) is 0. The first kappa shape index (κ1) is 17.8. The van der Waals surface area contributed by atoms with Gasteiger partial charge in [0.25, 0.3) is 5.91 Å². The largest absolute Gasteiger partial charge is 0.378 e. The van der Waals surface area contributed by atoms with E-state index in [2.05, 4.69) is 10.4 Å². The van der Waals surface area contributed by atoms with E-state index in [1.165, 1.54) is 0 Å². The number of carbonyl (C=O) groups is 2. The average molecular weight is 355 g/mol. The number of urea groups is 1. The molecule has 0 unspecified atom stereocenters. The highest BCUT2D eigenvalue weighted by molar-refractivity contribution is 5.94. The van der Waals surface area contributed by atoms with Crippen molar-refractivity contribution >= 4 is 17.6 Å². The quantitative estimate of drug-likeness (QED) is 0.487. The Bertz CT molecular complexity index is 745. The number of rotatable bonds is 4. The highest BCUT2D eigenvalue weighted by Gasteiger charge is 2.24. The molecule has 0 spiro atoms. The number of aromatic nitrogens is 1. The molecule has 0 saturated carbocycles. The fraction of sp³-hybridized carbons (Fsp3) is 0.278. The summed E-state index contributed by atoms with van der Waals surface area (Å²) >= 11 is 0. The smallest absolute Gasteiger partial charge is 0.325 e. The first-order valence-corrected chi connectivity index (χ1v) is 8.33. The predicted octanol–water partition coefficient (Wildman–Crippen LogP) is 1.14. The number of amides is 3. The SMILES string of the molecule is NNC(=O)c1ccc(CN(C(=O)N2CCOCC2)c2cccnc2)cc1. The molecule has 0 atom stereocenters. The van der Waals surface area contributed by atoms with Gasteiger partial charge in [0.05, 0.1) is 31.6 Å². The number of benzene rings is 1. The Labute approximate surface area is 151 Å². The molecule has 3 N–H and O–H groups in total. The van der Waals surface area contributed by atoms with Crippen LogP contribution < -0.4 is 16.2 Å². The summed E-state index contributed by atoms with van der Waals surface area (Å²) in [5.74, 6) is 4.79. The standard InChI is InChI=1S/C18H21N5O3/c19-21-17(24)15-5-3-14(4-6-15)13-23(16-2-1-7-20-12-16)18(25)22-8-10-26-11-9-22/h1-7,12H,8-11,13,19H2,(H,21,24). The van der Waals surface area contributed by atoms with E-state index in [4.69, 9.17) is 10.6 Å². The summed E-state index contributed by atoms with van der Waals surface area (Å²) in [5.41, 5.74) is 4.17. The van der Waals surface area contributed by atoms with Crippen molar-refractivity contribution in [2.24, 2.45) is 5.84 Å². The number of anilines is 1.